The summed E-state index contributed by atoms with van der Waals surface area (Å²) in [6, 6.07) is 15.7. The molecule has 0 aliphatic rings. The lowest BCUT2D eigenvalue weighted by Crippen LogP contribution is -2.51. The lowest BCUT2D eigenvalue weighted by atomic mass is 10.1. The van der Waals surface area contributed by atoms with Gasteiger partial charge in [0.05, 0.1) is 5.75 Å². The number of nitrogens with one attached hydrogen (secondary N) is 1. The Kier molecular flexibility index (Phi) is 9.92. The topological polar surface area (TPSA) is 49.4 Å². The molecule has 0 aliphatic carbocycles. The minimum Gasteiger partial charge on any atom is -0.352 e. The summed E-state index contributed by atoms with van der Waals surface area (Å²) in [6.45, 7) is 8.31. The quantitative estimate of drug-likeness (QED) is 0.489. The fourth-order valence-corrected chi connectivity index (χ4v) is 4.33. The molecule has 1 atom stereocenters. The second-order valence-electron chi connectivity index (χ2n) is 7.65. The minimum atomic E-state index is -0.479. The Bertz CT molecular complexity index is 839. The molecule has 0 fully saturated rings. The van der Waals surface area contributed by atoms with Crippen molar-refractivity contribution in [3.8, 4) is 0 Å². The summed E-state index contributed by atoms with van der Waals surface area (Å²) in [4.78, 5) is 27.8. The molecule has 0 spiro atoms. The van der Waals surface area contributed by atoms with E-state index in [1.165, 1.54) is 5.56 Å². The van der Waals surface area contributed by atoms with Crippen LogP contribution >= 0.6 is 27.7 Å². The third-order valence-electron chi connectivity index (χ3n) is 4.83. The maximum absolute atomic E-state index is 13.2. The highest BCUT2D eigenvalue weighted by atomic mass is 79.9. The average Bonchev–Trinajstić information content (AvgIpc) is 2.70. The van der Waals surface area contributed by atoms with Gasteiger partial charge in [-0.3, -0.25) is 9.59 Å². The smallest absolute Gasteiger partial charge is 0.243 e. The van der Waals surface area contributed by atoms with Gasteiger partial charge in [-0.15, -0.1) is 11.8 Å². The van der Waals surface area contributed by atoms with Crippen molar-refractivity contribution in [3.05, 3.63) is 69.7 Å². The van der Waals surface area contributed by atoms with Crippen LogP contribution in [-0.2, 0) is 21.9 Å². The summed E-state index contributed by atoms with van der Waals surface area (Å²) >= 11 is 5.02. The van der Waals surface area contributed by atoms with Crippen LogP contribution in [0.2, 0.25) is 0 Å². The van der Waals surface area contributed by atoms with Gasteiger partial charge in [0.1, 0.15) is 6.04 Å². The maximum Gasteiger partial charge on any atom is 0.243 e. The molecule has 0 heterocycles. The van der Waals surface area contributed by atoms with E-state index in [9.17, 15) is 9.59 Å². The highest BCUT2D eigenvalue weighted by molar-refractivity contribution is 9.10. The highest BCUT2D eigenvalue weighted by Gasteiger charge is 2.29. The molecule has 0 aromatic heterocycles. The second-order valence-corrected chi connectivity index (χ2v) is 9.56. The van der Waals surface area contributed by atoms with E-state index in [0.29, 0.717) is 18.7 Å². The molecule has 162 valence electrons. The lowest BCUT2D eigenvalue weighted by molar-refractivity contribution is -0.139. The van der Waals surface area contributed by atoms with Crippen molar-refractivity contribution < 1.29 is 9.59 Å². The van der Waals surface area contributed by atoms with E-state index in [1.54, 1.807) is 16.7 Å². The number of nitrogens with zero attached hydrogens (tertiary/aromatic N) is 1. The first kappa shape index (κ1) is 24.5. The van der Waals surface area contributed by atoms with E-state index in [-0.39, 0.29) is 17.9 Å². The van der Waals surface area contributed by atoms with Crippen LogP contribution in [0.1, 0.15) is 43.9 Å². The van der Waals surface area contributed by atoms with E-state index >= 15 is 0 Å². The lowest BCUT2D eigenvalue weighted by Gasteiger charge is -2.31. The van der Waals surface area contributed by atoms with Crippen LogP contribution in [0.4, 0.5) is 0 Å². The first-order valence-corrected chi connectivity index (χ1v) is 12.2. The molecule has 2 aromatic carbocycles. The third kappa shape index (κ3) is 7.47. The Morgan fingerprint density at radius 2 is 1.77 bits per heavy atom. The number of hydrogen-bond donors (Lipinski definition) is 1. The van der Waals surface area contributed by atoms with Gasteiger partial charge in [-0.1, -0.05) is 59.3 Å². The number of carbonyl (C=O) groups is 2. The number of amides is 2. The first-order valence-electron chi connectivity index (χ1n) is 10.3. The number of hydrogen-bond acceptors (Lipinski definition) is 3. The third-order valence-corrected chi connectivity index (χ3v) is 6.34. The molecule has 6 heteroatoms. The van der Waals surface area contributed by atoms with Crippen molar-refractivity contribution in [1.29, 1.82) is 0 Å². The Morgan fingerprint density at radius 3 is 2.37 bits per heavy atom. The van der Waals surface area contributed by atoms with Crippen molar-refractivity contribution in [2.24, 2.45) is 0 Å². The molecule has 0 radical (unpaired) electrons. The molecule has 1 N–H and O–H groups in total. The normalized spacial score (nSPS) is 11.9. The molecule has 2 amide bonds. The molecule has 4 nitrogen and oxygen atoms in total. The molecule has 2 rings (SSSR count). The number of halogens is 1. The van der Waals surface area contributed by atoms with E-state index in [0.717, 1.165) is 21.4 Å². The predicted molar refractivity (Wildman–Crippen MR) is 129 cm³/mol. The summed E-state index contributed by atoms with van der Waals surface area (Å²) in [5.41, 5.74) is 3.36. The van der Waals surface area contributed by atoms with E-state index in [4.69, 9.17) is 0 Å². The standard InChI is InChI=1S/C24H31BrN2O2S/c1-5-22(24(29)26-17(2)3)27(14-20-9-7-6-8-18(20)4)23(28)16-30-15-19-10-12-21(25)13-11-19/h6-13,17,22H,5,14-16H2,1-4H3,(H,26,29)/t22-/m1/s1. The Hall–Kier alpha value is -1.79. The van der Waals surface area contributed by atoms with E-state index < -0.39 is 6.04 Å². The van der Waals surface area contributed by atoms with Gasteiger partial charge in [0.2, 0.25) is 11.8 Å². The zero-order valence-corrected chi connectivity index (χ0v) is 20.6. The van der Waals surface area contributed by atoms with Crippen LogP contribution in [0.5, 0.6) is 0 Å². The van der Waals surface area contributed by atoms with Gasteiger partial charge in [-0.2, -0.15) is 0 Å². The Labute approximate surface area is 192 Å². The molecule has 0 saturated carbocycles. The summed E-state index contributed by atoms with van der Waals surface area (Å²) in [5.74, 6) is 0.998. The van der Waals surface area contributed by atoms with Gasteiger partial charge >= 0.3 is 0 Å². The van der Waals surface area contributed by atoms with Crippen molar-refractivity contribution >= 4 is 39.5 Å². The first-order chi connectivity index (χ1) is 14.3. The molecule has 2 aromatic rings. The number of benzene rings is 2. The molecule has 0 saturated heterocycles. The zero-order chi connectivity index (χ0) is 22.1. The SMILES string of the molecule is CC[C@H](C(=O)NC(C)C)N(Cc1ccccc1C)C(=O)CSCc1ccc(Br)cc1. The van der Waals surface area contributed by atoms with Crippen LogP contribution in [0, 0.1) is 6.92 Å². The fraction of sp³-hybridized carbons (Fsp3) is 0.417. The Balaban J connectivity index is 2.13. The van der Waals surface area contributed by atoms with E-state index in [2.05, 4.69) is 33.4 Å². The molecule has 0 unspecified atom stereocenters. The van der Waals surface area contributed by atoms with Crippen molar-refractivity contribution in [2.75, 3.05) is 5.75 Å². The predicted octanol–water partition coefficient (Wildman–Crippen LogP) is 5.32. The molecule has 0 bridgehead atoms. The highest BCUT2D eigenvalue weighted by Crippen LogP contribution is 2.20. The van der Waals surface area contributed by atoms with Crippen molar-refractivity contribution in [2.45, 2.75) is 58.5 Å². The summed E-state index contributed by atoms with van der Waals surface area (Å²) < 4.78 is 1.04. The Morgan fingerprint density at radius 1 is 1.10 bits per heavy atom. The second kappa shape index (κ2) is 12.2. The number of aryl methyl sites for hydroxylation is 1. The average molecular weight is 491 g/mol. The van der Waals surface area contributed by atoms with Crippen molar-refractivity contribution in [1.82, 2.24) is 10.2 Å². The van der Waals surface area contributed by atoms with Crippen LogP contribution in [-0.4, -0.2) is 34.6 Å². The molecule has 30 heavy (non-hydrogen) atoms. The minimum absolute atomic E-state index is 0.00822. The van der Waals surface area contributed by atoms with Gasteiger partial charge in [0.25, 0.3) is 0 Å². The number of carbonyl (C=O) groups excluding carboxylic acids is 2. The van der Waals surface area contributed by atoms with Crippen LogP contribution < -0.4 is 5.32 Å². The van der Waals surface area contributed by atoms with Gasteiger partial charge in [-0.05, 0) is 56.0 Å². The number of rotatable bonds is 10. The van der Waals surface area contributed by atoms with Crippen LogP contribution in [0.15, 0.2) is 53.0 Å². The summed E-state index contributed by atoms with van der Waals surface area (Å²) in [5, 5.41) is 2.97. The van der Waals surface area contributed by atoms with Crippen molar-refractivity contribution in [3.63, 3.8) is 0 Å². The molecular formula is C24H31BrN2O2S. The van der Waals surface area contributed by atoms with Gasteiger partial charge in [0.15, 0.2) is 0 Å². The fourth-order valence-electron chi connectivity index (χ4n) is 3.19. The molecular weight excluding hydrogens is 460 g/mol. The summed E-state index contributed by atoms with van der Waals surface area (Å²) in [7, 11) is 0. The van der Waals surface area contributed by atoms with Crippen LogP contribution in [0.3, 0.4) is 0 Å². The largest absolute Gasteiger partial charge is 0.352 e. The molecule has 0 aliphatic heterocycles. The van der Waals surface area contributed by atoms with Crippen LogP contribution in [0.25, 0.3) is 0 Å². The van der Waals surface area contributed by atoms with Gasteiger partial charge in [0, 0.05) is 22.8 Å². The van der Waals surface area contributed by atoms with Gasteiger partial charge in [-0.25, -0.2) is 0 Å². The number of thioether (sulfide) groups is 1. The van der Waals surface area contributed by atoms with E-state index in [1.807, 2.05) is 64.1 Å². The zero-order valence-electron chi connectivity index (χ0n) is 18.2. The maximum atomic E-state index is 13.2. The van der Waals surface area contributed by atoms with Gasteiger partial charge < -0.3 is 10.2 Å². The monoisotopic (exact) mass is 490 g/mol. The summed E-state index contributed by atoms with van der Waals surface area (Å²) in [6.07, 6.45) is 0.577.